The number of carbonyl (C=O) groups excluding carboxylic acids is 1. The van der Waals surface area contributed by atoms with E-state index in [0.29, 0.717) is 24.5 Å². The Bertz CT molecular complexity index is 508. The summed E-state index contributed by atoms with van der Waals surface area (Å²) in [6.07, 6.45) is 3.20. The van der Waals surface area contributed by atoms with Gasteiger partial charge in [-0.3, -0.25) is 4.79 Å². The second-order valence-electron chi connectivity index (χ2n) is 6.82. The number of benzene rings is 1. The second kappa shape index (κ2) is 5.63. The molecule has 1 fully saturated rings. The van der Waals surface area contributed by atoms with Gasteiger partial charge in [-0.15, -0.1) is 0 Å². The SMILES string of the molecule is CC1CCC(C(C)(C)Cc2ccc(F)c(F)c2)C(=O)C1. The maximum absolute atomic E-state index is 13.3. The molecule has 20 heavy (non-hydrogen) atoms. The van der Waals surface area contributed by atoms with Crippen LogP contribution in [0.3, 0.4) is 0 Å². The van der Waals surface area contributed by atoms with Crippen LogP contribution in [0.2, 0.25) is 0 Å². The summed E-state index contributed by atoms with van der Waals surface area (Å²) in [6.45, 7) is 6.20. The third-order valence-electron chi connectivity index (χ3n) is 4.47. The van der Waals surface area contributed by atoms with Crippen molar-refractivity contribution in [3.05, 3.63) is 35.4 Å². The van der Waals surface area contributed by atoms with Crippen LogP contribution in [0, 0.1) is 28.9 Å². The van der Waals surface area contributed by atoms with Crippen LogP contribution in [0.15, 0.2) is 18.2 Å². The molecule has 0 radical (unpaired) electrons. The Balaban J connectivity index is 2.13. The van der Waals surface area contributed by atoms with Crippen molar-refractivity contribution < 1.29 is 13.6 Å². The third kappa shape index (κ3) is 3.25. The van der Waals surface area contributed by atoms with Crippen LogP contribution >= 0.6 is 0 Å². The zero-order valence-corrected chi connectivity index (χ0v) is 12.4. The van der Waals surface area contributed by atoms with Gasteiger partial charge >= 0.3 is 0 Å². The first-order chi connectivity index (χ1) is 9.29. The van der Waals surface area contributed by atoms with E-state index in [-0.39, 0.29) is 11.3 Å². The van der Waals surface area contributed by atoms with Gasteiger partial charge in [0.05, 0.1) is 0 Å². The number of hydrogen-bond donors (Lipinski definition) is 0. The molecule has 1 aromatic carbocycles. The van der Waals surface area contributed by atoms with Crippen molar-refractivity contribution in [2.24, 2.45) is 17.3 Å². The van der Waals surface area contributed by atoms with Crippen molar-refractivity contribution in [1.29, 1.82) is 0 Å². The van der Waals surface area contributed by atoms with E-state index in [0.717, 1.165) is 24.5 Å². The minimum atomic E-state index is -0.825. The minimum absolute atomic E-state index is 0.0202. The Morgan fingerprint density at radius 3 is 2.50 bits per heavy atom. The molecule has 0 aromatic heterocycles. The molecule has 2 unspecified atom stereocenters. The lowest BCUT2D eigenvalue weighted by Crippen LogP contribution is -2.36. The van der Waals surface area contributed by atoms with Gasteiger partial charge < -0.3 is 0 Å². The van der Waals surface area contributed by atoms with E-state index in [1.165, 1.54) is 6.07 Å². The molecule has 2 rings (SSSR count). The van der Waals surface area contributed by atoms with Crippen molar-refractivity contribution in [3.8, 4) is 0 Å². The number of ketones is 1. The average molecular weight is 280 g/mol. The molecular formula is C17H22F2O. The van der Waals surface area contributed by atoms with Crippen molar-refractivity contribution in [2.75, 3.05) is 0 Å². The molecule has 2 atom stereocenters. The molecule has 1 saturated carbocycles. The molecule has 1 aliphatic rings. The molecule has 1 nitrogen and oxygen atoms in total. The predicted octanol–water partition coefficient (Wildman–Crippen LogP) is 4.54. The highest BCUT2D eigenvalue weighted by Crippen LogP contribution is 2.40. The Morgan fingerprint density at radius 1 is 1.20 bits per heavy atom. The highest BCUT2D eigenvalue weighted by molar-refractivity contribution is 5.82. The summed E-state index contributed by atoms with van der Waals surface area (Å²) in [5.74, 6) is -0.836. The molecule has 0 spiro atoms. The molecule has 1 aromatic rings. The van der Waals surface area contributed by atoms with Crippen LogP contribution in [-0.2, 0) is 11.2 Å². The Kier molecular flexibility index (Phi) is 4.26. The fourth-order valence-electron chi connectivity index (χ4n) is 3.33. The summed E-state index contributed by atoms with van der Waals surface area (Å²) in [4.78, 5) is 12.2. The van der Waals surface area contributed by atoms with Gasteiger partial charge in [0.2, 0.25) is 0 Å². The Morgan fingerprint density at radius 2 is 1.90 bits per heavy atom. The van der Waals surface area contributed by atoms with Gasteiger partial charge in [0.15, 0.2) is 11.6 Å². The highest BCUT2D eigenvalue weighted by Gasteiger charge is 2.38. The van der Waals surface area contributed by atoms with Crippen LogP contribution < -0.4 is 0 Å². The standard InChI is InChI=1S/C17H22F2O/c1-11-4-6-13(16(20)8-11)17(2,3)10-12-5-7-14(18)15(19)9-12/h5,7,9,11,13H,4,6,8,10H2,1-3H3. The third-order valence-corrected chi connectivity index (χ3v) is 4.47. The Labute approximate surface area is 119 Å². The van der Waals surface area contributed by atoms with Gasteiger partial charge in [-0.1, -0.05) is 26.8 Å². The zero-order chi connectivity index (χ0) is 14.9. The molecule has 1 aliphatic carbocycles. The lowest BCUT2D eigenvalue weighted by molar-refractivity contribution is -0.129. The predicted molar refractivity (Wildman–Crippen MR) is 75.4 cm³/mol. The summed E-state index contributed by atoms with van der Waals surface area (Å²) in [7, 11) is 0. The summed E-state index contributed by atoms with van der Waals surface area (Å²) in [6, 6.07) is 4.01. The van der Waals surface area contributed by atoms with Crippen LogP contribution in [-0.4, -0.2) is 5.78 Å². The van der Waals surface area contributed by atoms with Crippen LogP contribution in [0.4, 0.5) is 8.78 Å². The van der Waals surface area contributed by atoms with Gasteiger partial charge in [-0.2, -0.15) is 0 Å². The maximum atomic E-state index is 13.3. The molecule has 3 heteroatoms. The minimum Gasteiger partial charge on any atom is -0.299 e. The van der Waals surface area contributed by atoms with E-state index in [1.807, 2.05) is 13.8 Å². The normalized spacial score (nSPS) is 23.9. The molecule has 110 valence electrons. The van der Waals surface area contributed by atoms with E-state index < -0.39 is 11.6 Å². The average Bonchev–Trinajstić information content (AvgIpc) is 2.33. The monoisotopic (exact) mass is 280 g/mol. The van der Waals surface area contributed by atoms with Crippen molar-refractivity contribution in [3.63, 3.8) is 0 Å². The van der Waals surface area contributed by atoms with Gasteiger partial charge in [0, 0.05) is 12.3 Å². The molecular weight excluding hydrogens is 258 g/mol. The van der Waals surface area contributed by atoms with Gasteiger partial charge in [0.25, 0.3) is 0 Å². The summed E-state index contributed by atoms with van der Waals surface area (Å²) < 4.78 is 26.2. The van der Waals surface area contributed by atoms with Gasteiger partial charge in [-0.05, 0) is 48.3 Å². The quantitative estimate of drug-likeness (QED) is 0.794. The first-order valence-corrected chi connectivity index (χ1v) is 7.26. The largest absolute Gasteiger partial charge is 0.299 e. The van der Waals surface area contributed by atoms with Crippen LogP contribution in [0.25, 0.3) is 0 Å². The molecule has 0 N–H and O–H groups in total. The number of hydrogen-bond acceptors (Lipinski definition) is 1. The maximum Gasteiger partial charge on any atom is 0.159 e. The number of rotatable bonds is 3. The molecule has 0 bridgehead atoms. The fourth-order valence-corrected chi connectivity index (χ4v) is 3.33. The van der Waals surface area contributed by atoms with Crippen molar-refractivity contribution in [1.82, 2.24) is 0 Å². The van der Waals surface area contributed by atoms with E-state index in [4.69, 9.17) is 0 Å². The van der Waals surface area contributed by atoms with E-state index in [1.54, 1.807) is 6.07 Å². The van der Waals surface area contributed by atoms with Gasteiger partial charge in [0.1, 0.15) is 5.78 Å². The van der Waals surface area contributed by atoms with Crippen LogP contribution in [0.1, 0.15) is 45.6 Å². The van der Waals surface area contributed by atoms with Crippen LogP contribution in [0.5, 0.6) is 0 Å². The van der Waals surface area contributed by atoms with Gasteiger partial charge in [-0.25, -0.2) is 8.78 Å². The number of carbonyl (C=O) groups is 1. The lowest BCUT2D eigenvalue weighted by atomic mass is 9.66. The summed E-state index contributed by atoms with van der Waals surface area (Å²) >= 11 is 0. The number of Topliss-reactive ketones (excluding diaryl/α,β-unsaturated/α-hetero) is 1. The first kappa shape index (κ1) is 15.1. The van der Waals surface area contributed by atoms with E-state index in [9.17, 15) is 13.6 Å². The molecule has 0 heterocycles. The van der Waals surface area contributed by atoms with E-state index >= 15 is 0 Å². The van der Waals surface area contributed by atoms with E-state index in [2.05, 4.69) is 6.92 Å². The lowest BCUT2D eigenvalue weighted by Gasteiger charge is -2.37. The smallest absolute Gasteiger partial charge is 0.159 e. The highest BCUT2D eigenvalue weighted by atomic mass is 19.2. The topological polar surface area (TPSA) is 17.1 Å². The number of halogens is 2. The fraction of sp³-hybridized carbons (Fsp3) is 0.588. The Hall–Kier alpha value is -1.25. The first-order valence-electron chi connectivity index (χ1n) is 7.26. The van der Waals surface area contributed by atoms with Crippen molar-refractivity contribution >= 4 is 5.78 Å². The summed E-state index contributed by atoms with van der Waals surface area (Å²) in [5.41, 5.74) is 0.530. The van der Waals surface area contributed by atoms with Crippen molar-refractivity contribution in [2.45, 2.75) is 46.5 Å². The molecule has 0 amide bonds. The molecule has 0 aliphatic heterocycles. The zero-order valence-electron chi connectivity index (χ0n) is 12.4. The second-order valence-corrected chi connectivity index (χ2v) is 6.82. The summed E-state index contributed by atoms with van der Waals surface area (Å²) in [5, 5.41) is 0. The molecule has 0 saturated heterocycles.